The van der Waals surface area contributed by atoms with Crippen molar-refractivity contribution in [1.82, 2.24) is 0 Å². The second-order valence-electron chi connectivity index (χ2n) is 5.07. The molecule has 1 amide bonds. The first-order valence-electron chi connectivity index (χ1n) is 6.24. The Balaban J connectivity index is 2.76. The number of aryl methyl sites for hydroxylation is 1. The zero-order valence-electron chi connectivity index (χ0n) is 11.2. The van der Waals surface area contributed by atoms with E-state index in [1.54, 1.807) is 18.2 Å². The lowest BCUT2D eigenvalue weighted by Gasteiger charge is -2.17. The van der Waals surface area contributed by atoms with Gasteiger partial charge in [0.25, 0.3) is 0 Å². The minimum atomic E-state index is -0.218. The van der Waals surface area contributed by atoms with E-state index < -0.39 is 0 Å². The number of benzene rings is 1. The molecule has 0 bridgehead atoms. The standard InChI is InChI=1S/C14H22N2O2/c1-9(2)6-11(8-15)14(18)16-12-7-10(3)4-5-13(12)17/h4-5,7,9,11,17H,6,8,15H2,1-3H3,(H,16,18). The number of amides is 1. The van der Waals surface area contributed by atoms with E-state index in [1.165, 1.54) is 0 Å². The minimum absolute atomic E-state index is 0.0780. The summed E-state index contributed by atoms with van der Waals surface area (Å²) >= 11 is 0. The molecule has 4 nitrogen and oxygen atoms in total. The molecule has 1 aromatic rings. The van der Waals surface area contributed by atoms with E-state index >= 15 is 0 Å². The monoisotopic (exact) mass is 250 g/mol. The average molecular weight is 250 g/mol. The maximum atomic E-state index is 12.0. The van der Waals surface area contributed by atoms with Gasteiger partial charge in [-0.1, -0.05) is 19.9 Å². The third-order valence-electron chi connectivity index (χ3n) is 2.82. The van der Waals surface area contributed by atoms with Crippen LogP contribution in [-0.2, 0) is 4.79 Å². The van der Waals surface area contributed by atoms with Crippen molar-refractivity contribution >= 4 is 11.6 Å². The van der Waals surface area contributed by atoms with E-state index in [2.05, 4.69) is 19.2 Å². The molecule has 0 radical (unpaired) electrons. The summed E-state index contributed by atoms with van der Waals surface area (Å²) < 4.78 is 0. The van der Waals surface area contributed by atoms with Gasteiger partial charge in [0.15, 0.2) is 0 Å². The summed E-state index contributed by atoms with van der Waals surface area (Å²) in [6.45, 7) is 6.33. The highest BCUT2D eigenvalue weighted by Crippen LogP contribution is 2.25. The number of aromatic hydroxyl groups is 1. The molecule has 0 saturated carbocycles. The van der Waals surface area contributed by atoms with Crippen molar-refractivity contribution in [3.63, 3.8) is 0 Å². The fourth-order valence-electron chi connectivity index (χ4n) is 1.86. The van der Waals surface area contributed by atoms with Gasteiger partial charge in [-0.05, 0) is 37.0 Å². The third kappa shape index (κ3) is 4.04. The molecule has 0 saturated heterocycles. The Bertz CT molecular complexity index is 416. The van der Waals surface area contributed by atoms with Crippen LogP contribution in [0.5, 0.6) is 5.75 Å². The SMILES string of the molecule is Cc1ccc(O)c(NC(=O)C(CN)CC(C)C)c1. The number of carbonyl (C=O) groups excluding carboxylic acids is 1. The molecule has 0 aliphatic carbocycles. The Labute approximate surface area is 108 Å². The molecule has 0 fully saturated rings. The quantitative estimate of drug-likeness (QED) is 0.702. The van der Waals surface area contributed by atoms with Crippen molar-refractivity contribution in [3.8, 4) is 5.75 Å². The van der Waals surface area contributed by atoms with Crippen molar-refractivity contribution in [3.05, 3.63) is 23.8 Å². The van der Waals surface area contributed by atoms with Crippen LogP contribution in [0.4, 0.5) is 5.69 Å². The highest BCUT2D eigenvalue weighted by Gasteiger charge is 2.19. The Hall–Kier alpha value is -1.55. The highest BCUT2D eigenvalue weighted by molar-refractivity contribution is 5.94. The summed E-state index contributed by atoms with van der Waals surface area (Å²) in [5.74, 6) is 0.140. The first kappa shape index (κ1) is 14.5. The Morgan fingerprint density at radius 3 is 2.67 bits per heavy atom. The lowest BCUT2D eigenvalue weighted by Crippen LogP contribution is -2.30. The largest absolute Gasteiger partial charge is 0.506 e. The van der Waals surface area contributed by atoms with Gasteiger partial charge in [-0.2, -0.15) is 0 Å². The molecule has 0 heterocycles. The molecule has 4 N–H and O–H groups in total. The van der Waals surface area contributed by atoms with Crippen molar-refractivity contribution < 1.29 is 9.90 Å². The fourth-order valence-corrected chi connectivity index (χ4v) is 1.86. The Kier molecular flexibility index (Phi) is 5.16. The molecule has 1 atom stereocenters. The molecule has 0 aliphatic rings. The molecule has 1 aromatic carbocycles. The van der Waals surface area contributed by atoms with Gasteiger partial charge in [0.05, 0.1) is 11.6 Å². The number of nitrogens with one attached hydrogen (secondary N) is 1. The summed E-state index contributed by atoms with van der Waals surface area (Å²) in [7, 11) is 0. The smallest absolute Gasteiger partial charge is 0.228 e. The van der Waals surface area contributed by atoms with Gasteiger partial charge in [0.2, 0.25) is 5.91 Å². The molecular weight excluding hydrogens is 228 g/mol. The van der Waals surface area contributed by atoms with E-state index in [0.29, 0.717) is 18.2 Å². The zero-order valence-corrected chi connectivity index (χ0v) is 11.2. The molecule has 4 heteroatoms. The number of rotatable bonds is 5. The van der Waals surface area contributed by atoms with E-state index in [4.69, 9.17) is 5.73 Å². The van der Waals surface area contributed by atoms with Crippen molar-refractivity contribution in [2.24, 2.45) is 17.6 Å². The number of hydrogen-bond donors (Lipinski definition) is 3. The number of phenolic OH excluding ortho intramolecular Hbond substituents is 1. The Morgan fingerprint density at radius 2 is 2.11 bits per heavy atom. The first-order chi connectivity index (χ1) is 8.43. The van der Waals surface area contributed by atoms with Crippen molar-refractivity contribution in [1.29, 1.82) is 0 Å². The van der Waals surface area contributed by atoms with E-state index in [-0.39, 0.29) is 17.6 Å². The normalized spacial score (nSPS) is 12.5. The number of hydrogen-bond acceptors (Lipinski definition) is 3. The first-order valence-corrected chi connectivity index (χ1v) is 6.24. The molecule has 1 unspecified atom stereocenters. The third-order valence-corrected chi connectivity index (χ3v) is 2.82. The van der Waals surface area contributed by atoms with Crippen LogP contribution in [0.1, 0.15) is 25.8 Å². The second-order valence-corrected chi connectivity index (χ2v) is 5.07. The van der Waals surface area contributed by atoms with Crippen LogP contribution in [0.2, 0.25) is 0 Å². The summed E-state index contributed by atoms with van der Waals surface area (Å²) in [6, 6.07) is 5.11. The summed E-state index contributed by atoms with van der Waals surface area (Å²) in [5, 5.41) is 12.4. The molecule has 18 heavy (non-hydrogen) atoms. The average Bonchev–Trinajstić information content (AvgIpc) is 2.30. The lowest BCUT2D eigenvalue weighted by molar-refractivity contribution is -0.120. The summed E-state index contributed by atoms with van der Waals surface area (Å²) in [5.41, 5.74) is 7.05. The molecular formula is C14H22N2O2. The molecule has 100 valence electrons. The van der Waals surface area contributed by atoms with Gasteiger partial charge < -0.3 is 16.2 Å². The lowest BCUT2D eigenvalue weighted by atomic mass is 9.96. The van der Waals surface area contributed by atoms with E-state index in [9.17, 15) is 9.90 Å². The van der Waals surface area contributed by atoms with Crippen molar-refractivity contribution in [2.75, 3.05) is 11.9 Å². The van der Waals surface area contributed by atoms with Crippen LogP contribution in [0.25, 0.3) is 0 Å². The molecule has 0 aliphatic heterocycles. The summed E-state index contributed by atoms with van der Waals surface area (Å²) in [4.78, 5) is 12.0. The van der Waals surface area contributed by atoms with Gasteiger partial charge in [0.1, 0.15) is 5.75 Å². The zero-order chi connectivity index (χ0) is 13.7. The van der Waals surface area contributed by atoms with Crippen LogP contribution >= 0.6 is 0 Å². The van der Waals surface area contributed by atoms with Crippen molar-refractivity contribution in [2.45, 2.75) is 27.2 Å². The Morgan fingerprint density at radius 1 is 1.44 bits per heavy atom. The van der Waals surface area contributed by atoms with Gasteiger partial charge in [-0.15, -0.1) is 0 Å². The van der Waals surface area contributed by atoms with Gasteiger partial charge in [-0.3, -0.25) is 4.79 Å². The number of anilines is 1. The van der Waals surface area contributed by atoms with Crippen LogP contribution in [0.3, 0.4) is 0 Å². The van der Waals surface area contributed by atoms with Gasteiger partial charge in [-0.25, -0.2) is 0 Å². The van der Waals surface area contributed by atoms with Crippen LogP contribution in [0, 0.1) is 18.8 Å². The van der Waals surface area contributed by atoms with E-state index in [0.717, 1.165) is 12.0 Å². The maximum absolute atomic E-state index is 12.0. The maximum Gasteiger partial charge on any atom is 0.228 e. The predicted octanol–water partition coefficient (Wildman–Crippen LogP) is 2.26. The molecule has 1 rings (SSSR count). The second kappa shape index (κ2) is 6.40. The number of nitrogens with two attached hydrogens (primary N) is 1. The van der Waals surface area contributed by atoms with Crippen LogP contribution in [0.15, 0.2) is 18.2 Å². The highest BCUT2D eigenvalue weighted by atomic mass is 16.3. The van der Waals surface area contributed by atoms with Crippen LogP contribution in [-0.4, -0.2) is 17.6 Å². The molecule has 0 aromatic heterocycles. The predicted molar refractivity (Wildman–Crippen MR) is 73.5 cm³/mol. The number of phenols is 1. The van der Waals surface area contributed by atoms with Gasteiger partial charge in [0, 0.05) is 6.54 Å². The number of carbonyl (C=O) groups is 1. The molecule has 0 spiro atoms. The van der Waals surface area contributed by atoms with Crippen LogP contribution < -0.4 is 11.1 Å². The van der Waals surface area contributed by atoms with Gasteiger partial charge >= 0.3 is 0 Å². The van der Waals surface area contributed by atoms with E-state index in [1.807, 2.05) is 6.92 Å². The summed E-state index contributed by atoms with van der Waals surface area (Å²) in [6.07, 6.45) is 0.745. The minimum Gasteiger partial charge on any atom is -0.506 e. The fraction of sp³-hybridized carbons (Fsp3) is 0.500. The topological polar surface area (TPSA) is 75.3 Å².